The molecule has 0 unspecified atom stereocenters. The summed E-state index contributed by atoms with van der Waals surface area (Å²) in [5.74, 6) is 0.578. The minimum atomic E-state index is -4.34. The van der Waals surface area contributed by atoms with Crippen LogP contribution in [0.25, 0.3) is 0 Å². The number of piperazine rings is 1. The van der Waals surface area contributed by atoms with E-state index in [4.69, 9.17) is 4.74 Å². The number of allylic oxidation sites excluding steroid dienone is 1. The van der Waals surface area contributed by atoms with E-state index in [1.165, 1.54) is 18.2 Å². The van der Waals surface area contributed by atoms with Gasteiger partial charge in [0.2, 0.25) is 0 Å². The molecule has 0 aliphatic carbocycles. The van der Waals surface area contributed by atoms with E-state index in [9.17, 15) is 18.0 Å². The molecule has 1 aliphatic rings. The number of halogens is 3. The minimum Gasteiger partial charge on any atom is -0.497 e. The van der Waals surface area contributed by atoms with Gasteiger partial charge in [0.25, 0.3) is 0 Å². The highest BCUT2D eigenvalue weighted by molar-refractivity contribution is 6.04. The topological polar surface area (TPSA) is 32.8 Å². The lowest BCUT2D eigenvalue weighted by atomic mass is 10.1. The molecule has 2 aromatic rings. The van der Waals surface area contributed by atoms with Gasteiger partial charge in [-0.3, -0.25) is 4.79 Å². The van der Waals surface area contributed by atoms with Crippen molar-refractivity contribution in [1.29, 1.82) is 0 Å². The highest BCUT2D eigenvalue weighted by Crippen LogP contribution is 2.31. The molecule has 1 aliphatic heterocycles. The van der Waals surface area contributed by atoms with Gasteiger partial charge in [0.15, 0.2) is 5.78 Å². The number of methoxy groups -OCH3 is 1. The number of benzene rings is 2. The number of carbonyl (C=O) groups is 1. The summed E-state index contributed by atoms with van der Waals surface area (Å²) in [7, 11) is 1.57. The fourth-order valence-corrected chi connectivity index (χ4v) is 3.03. The van der Waals surface area contributed by atoms with Crippen LogP contribution in [0.4, 0.5) is 18.9 Å². The van der Waals surface area contributed by atoms with Crippen molar-refractivity contribution in [3.63, 3.8) is 0 Å². The highest BCUT2D eigenvalue weighted by Gasteiger charge is 2.31. The molecule has 0 bridgehead atoms. The molecular formula is C21H21F3N2O2. The van der Waals surface area contributed by atoms with Crippen molar-refractivity contribution in [2.45, 2.75) is 6.18 Å². The average Bonchev–Trinajstić information content (AvgIpc) is 2.72. The summed E-state index contributed by atoms with van der Waals surface area (Å²) in [5.41, 5.74) is 0.491. The minimum absolute atomic E-state index is 0.108. The van der Waals surface area contributed by atoms with E-state index >= 15 is 0 Å². The molecule has 4 nitrogen and oxygen atoms in total. The maximum absolute atomic E-state index is 12.9. The summed E-state index contributed by atoms with van der Waals surface area (Å²) < 4.78 is 43.7. The van der Waals surface area contributed by atoms with E-state index in [1.54, 1.807) is 43.6 Å². The van der Waals surface area contributed by atoms with E-state index in [0.717, 1.165) is 6.07 Å². The van der Waals surface area contributed by atoms with Crippen LogP contribution in [0.5, 0.6) is 5.75 Å². The second-order valence-electron chi connectivity index (χ2n) is 6.48. The van der Waals surface area contributed by atoms with Crippen LogP contribution in [0.2, 0.25) is 0 Å². The van der Waals surface area contributed by atoms with Crippen LogP contribution in [-0.2, 0) is 6.18 Å². The quantitative estimate of drug-likeness (QED) is 0.565. The zero-order chi connectivity index (χ0) is 20.1. The van der Waals surface area contributed by atoms with Crippen LogP contribution < -0.4 is 9.64 Å². The Hall–Kier alpha value is -2.96. The van der Waals surface area contributed by atoms with Crippen molar-refractivity contribution in [1.82, 2.24) is 4.90 Å². The van der Waals surface area contributed by atoms with Gasteiger partial charge in [-0.2, -0.15) is 13.2 Å². The Balaban J connectivity index is 1.56. The fourth-order valence-electron chi connectivity index (χ4n) is 3.03. The van der Waals surface area contributed by atoms with Crippen molar-refractivity contribution >= 4 is 11.5 Å². The van der Waals surface area contributed by atoms with Gasteiger partial charge < -0.3 is 14.5 Å². The van der Waals surface area contributed by atoms with Gasteiger partial charge >= 0.3 is 6.18 Å². The Morgan fingerprint density at radius 3 is 2.32 bits per heavy atom. The Labute approximate surface area is 161 Å². The molecule has 28 heavy (non-hydrogen) atoms. The van der Waals surface area contributed by atoms with Crippen molar-refractivity contribution in [3.05, 3.63) is 71.9 Å². The van der Waals surface area contributed by atoms with Gasteiger partial charge in [0.05, 0.1) is 12.7 Å². The van der Waals surface area contributed by atoms with Crippen molar-refractivity contribution < 1.29 is 22.7 Å². The number of carbonyl (C=O) groups excluding carboxylic acids is 1. The van der Waals surface area contributed by atoms with Crippen molar-refractivity contribution in [2.75, 3.05) is 38.2 Å². The average molecular weight is 390 g/mol. The van der Waals surface area contributed by atoms with E-state index in [2.05, 4.69) is 0 Å². The maximum Gasteiger partial charge on any atom is 0.416 e. The Morgan fingerprint density at radius 1 is 1.04 bits per heavy atom. The molecule has 7 heteroatoms. The first-order valence-corrected chi connectivity index (χ1v) is 8.89. The maximum atomic E-state index is 12.9. The summed E-state index contributed by atoms with van der Waals surface area (Å²) >= 11 is 0. The summed E-state index contributed by atoms with van der Waals surface area (Å²) in [5, 5.41) is 0. The van der Waals surface area contributed by atoms with Crippen molar-refractivity contribution in [3.8, 4) is 5.75 Å². The van der Waals surface area contributed by atoms with Crippen LogP contribution >= 0.6 is 0 Å². The van der Waals surface area contributed by atoms with Gasteiger partial charge in [0.1, 0.15) is 5.75 Å². The normalized spacial score (nSPS) is 15.1. The number of hydrogen-bond acceptors (Lipinski definition) is 4. The highest BCUT2D eigenvalue weighted by atomic mass is 19.4. The Morgan fingerprint density at radius 2 is 1.71 bits per heavy atom. The second-order valence-corrected chi connectivity index (χ2v) is 6.48. The predicted molar refractivity (Wildman–Crippen MR) is 102 cm³/mol. The van der Waals surface area contributed by atoms with Gasteiger partial charge in [-0.15, -0.1) is 0 Å². The largest absolute Gasteiger partial charge is 0.497 e. The first-order chi connectivity index (χ1) is 13.4. The standard InChI is InChI=1S/C21H21F3N2O2/c1-28-19-7-5-16(6-8-19)20(27)9-10-25-11-13-26(14-12-25)18-4-2-3-17(15-18)21(22,23)24/h2-10,15H,11-14H2,1H3. The molecule has 3 rings (SSSR count). The molecule has 0 atom stereocenters. The number of ether oxygens (including phenoxy) is 1. The lowest BCUT2D eigenvalue weighted by molar-refractivity contribution is -0.137. The van der Waals surface area contributed by atoms with E-state index in [-0.39, 0.29) is 5.78 Å². The monoisotopic (exact) mass is 390 g/mol. The van der Waals surface area contributed by atoms with Crippen LogP contribution in [0, 0.1) is 0 Å². The third kappa shape index (κ3) is 4.85. The number of anilines is 1. The smallest absolute Gasteiger partial charge is 0.416 e. The number of nitrogens with zero attached hydrogens (tertiary/aromatic N) is 2. The van der Waals surface area contributed by atoms with Crippen LogP contribution in [0.3, 0.4) is 0 Å². The number of rotatable bonds is 5. The lowest BCUT2D eigenvalue weighted by Gasteiger charge is -2.35. The van der Waals surface area contributed by atoms with Gasteiger partial charge in [0, 0.05) is 49.7 Å². The molecule has 148 valence electrons. The molecule has 0 aromatic heterocycles. The molecule has 0 N–H and O–H groups in total. The van der Waals surface area contributed by atoms with Gasteiger partial charge in [-0.05, 0) is 42.5 Å². The first kappa shape index (κ1) is 19.8. The lowest BCUT2D eigenvalue weighted by Crippen LogP contribution is -2.44. The van der Waals surface area contributed by atoms with E-state index in [0.29, 0.717) is 43.2 Å². The van der Waals surface area contributed by atoms with Crippen LogP contribution in [0.15, 0.2) is 60.8 Å². The molecule has 1 fully saturated rings. The first-order valence-electron chi connectivity index (χ1n) is 8.89. The fraction of sp³-hybridized carbons (Fsp3) is 0.286. The third-order valence-corrected chi connectivity index (χ3v) is 4.66. The van der Waals surface area contributed by atoms with Gasteiger partial charge in [-0.25, -0.2) is 0 Å². The molecule has 1 saturated heterocycles. The Kier molecular flexibility index (Phi) is 5.92. The number of ketones is 1. The van der Waals surface area contributed by atoms with Crippen molar-refractivity contribution in [2.24, 2.45) is 0 Å². The predicted octanol–water partition coefficient (Wildman–Crippen LogP) is 4.23. The summed E-state index contributed by atoms with van der Waals surface area (Å²) in [6.07, 6.45) is -1.08. The third-order valence-electron chi connectivity index (χ3n) is 4.66. The summed E-state index contributed by atoms with van der Waals surface area (Å²) in [6, 6.07) is 12.2. The zero-order valence-corrected chi connectivity index (χ0v) is 15.4. The Bertz CT molecular complexity index is 839. The SMILES string of the molecule is COc1ccc(C(=O)C=CN2CCN(c3cccc(C(F)(F)F)c3)CC2)cc1. The molecule has 1 heterocycles. The number of alkyl halides is 3. The van der Waals surface area contributed by atoms with E-state index < -0.39 is 11.7 Å². The summed E-state index contributed by atoms with van der Waals surface area (Å²) in [6.45, 7) is 2.43. The summed E-state index contributed by atoms with van der Waals surface area (Å²) in [4.78, 5) is 16.1. The second kappa shape index (κ2) is 8.37. The number of hydrogen-bond donors (Lipinski definition) is 0. The molecular weight excluding hydrogens is 369 g/mol. The van der Waals surface area contributed by atoms with E-state index in [1.807, 2.05) is 9.80 Å². The molecule has 0 radical (unpaired) electrons. The van der Waals surface area contributed by atoms with Crippen LogP contribution in [0.1, 0.15) is 15.9 Å². The molecule has 0 saturated carbocycles. The molecule has 0 amide bonds. The molecule has 2 aromatic carbocycles. The van der Waals surface area contributed by atoms with Gasteiger partial charge in [-0.1, -0.05) is 6.07 Å². The zero-order valence-electron chi connectivity index (χ0n) is 15.4. The van der Waals surface area contributed by atoms with Crippen LogP contribution in [-0.4, -0.2) is 44.0 Å². The molecule has 0 spiro atoms.